The summed E-state index contributed by atoms with van der Waals surface area (Å²) in [7, 11) is 0. The summed E-state index contributed by atoms with van der Waals surface area (Å²) in [4.78, 5) is 25.4. The van der Waals surface area contributed by atoms with Crippen LogP contribution in [0.15, 0.2) is 42.2 Å². The molecule has 6 heteroatoms. The van der Waals surface area contributed by atoms with Crippen LogP contribution in [0.1, 0.15) is 24.6 Å². The molecule has 1 N–H and O–H groups in total. The second-order valence-electron chi connectivity index (χ2n) is 5.68. The number of halogens is 1. The Bertz CT molecular complexity index is 839. The fourth-order valence-corrected chi connectivity index (χ4v) is 2.80. The third-order valence-corrected chi connectivity index (χ3v) is 4.32. The molecule has 1 aromatic carbocycles. The molecule has 0 radical (unpaired) electrons. The van der Waals surface area contributed by atoms with E-state index in [4.69, 9.17) is 11.6 Å². The van der Waals surface area contributed by atoms with Crippen molar-refractivity contribution in [2.24, 2.45) is 0 Å². The molecule has 1 fully saturated rings. The molecular formula is C18H18ClN3O2. The quantitative estimate of drug-likeness (QED) is 0.679. The standard InChI is InChI=1S/C18H18ClN3O2/c1-3-8-22-17(23)16(20-18(22)24)11-13-5-4-9-21(13)14-7-6-12(2)15(19)10-14/h4-7,9-11H,3,8H2,1-2H3,(H,20,24)/b16-11+. The fraction of sp³-hybridized carbons (Fsp3) is 0.222. The van der Waals surface area contributed by atoms with Gasteiger partial charge >= 0.3 is 6.03 Å². The van der Waals surface area contributed by atoms with E-state index in [2.05, 4.69) is 5.32 Å². The van der Waals surface area contributed by atoms with Crippen molar-refractivity contribution in [3.05, 3.63) is 58.5 Å². The Balaban J connectivity index is 1.95. The van der Waals surface area contributed by atoms with Gasteiger partial charge < -0.3 is 9.88 Å². The van der Waals surface area contributed by atoms with Gasteiger partial charge in [0, 0.05) is 29.1 Å². The van der Waals surface area contributed by atoms with Gasteiger partial charge in [-0.1, -0.05) is 24.6 Å². The van der Waals surface area contributed by atoms with Gasteiger partial charge in [-0.2, -0.15) is 0 Å². The molecule has 0 atom stereocenters. The summed E-state index contributed by atoms with van der Waals surface area (Å²) in [6, 6.07) is 9.16. The third-order valence-electron chi connectivity index (χ3n) is 3.92. The zero-order valence-electron chi connectivity index (χ0n) is 13.5. The van der Waals surface area contributed by atoms with Crippen molar-refractivity contribution < 1.29 is 9.59 Å². The van der Waals surface area contributed by atoms with Crippen LogP contribution in [0.5, 0.6) is 0 Å². The number of benzene rings is 1. The van der Waals surface area contributed by atoms with Crippen LogP contribution in [-0.2, 0) is 4.79 Å². The topological polar surface area (TPSA) is 54.3 Å². The van der Waals surface area contributed by atoms with E-state index in [-0.39, 0.29) is 17.6 Å². The van der Waals surface area contributed by atoms with Gasteiger partial charge in [-0.05, 0) is 49.2 Å². The molecule has 1 saturated heterocycles. The van der Waals surface area contributed by atoms with E-state index in [0.717, 1.165) is 23.4 Å². The number of hydrogen-bond donors (Lipinski definition) is 1. The molecule has 3 amide bonds. The molecule has 0 saturated carbocycles. The highest BCUT2D eigenvalue weighted by Gasteiger charge is 2.32. The van der Waals surface area contributed by atoms with E-state index in [0.29, 0.717) is 11.6 Å². The molecule has 24 heavy (non-hydrogen) atoms. The Morgan fingerprint density at radius 3 is 2.75 bits per heavy atom. The lowest BCUT2D eigenvalue weighted by Gasteiger charge is -2.09. The Kier molecular flexibility index (Phi) is 4.44. The number of carbonyl (C=O) groups is 2. The second-order valence-corrected chi connectivity index (χ2v) is 6.09. The minimum Gasteiger partial charge on any atom is -0.317 e. The van der Waals surface area contributed by atoms with Crippen molar-refractivity contribution in [2.45, 2.75) is 20.3 Å². The molecule has 124 valence electrons. The summed E-state index contributed by atoms with van der Waals surface area (Å²) in [5.74, 6) is -0.295. The molecule has 0 aliphatic carbocycles. The third kappa shape index (κ3) is 2.95. The first-order valence-corrected chi connectivity index (χ1v) is 8.17. The maximum Gasteiger partial charge on any atom is 0.329 e. The Morgan fingerprint density at radius 2 is 2.04 bits per heavy atom. The van der Waals surface area contributed by atoms with Gasteiger partial charge in [-0.3, -0.25) is 9.69 Å². The largest absolute Gasteiger partial charge is 0.329 e. The molecule has 0 unspecified atom stereocenters. The van der Waals surface area contributed by atoms with Gasteiger partial charge in [0.2, 0.25) is 0 Å². The Morgan fingerprint density at radius 1 is 1.25 bits per heavy atom. The minimum absolute atomic E-state index is 0.284. The lowest BCUT2D eigenvalue weighted by atomic mass is 10.2. The fourth-order valence-electron chi connectivity index (χ4n) is 2.62. The van der Waals surface area contributed by atoms with Gasteiger partial charge in [0.1, 0.15) is 5.70 Å². The number of aromatic nitrogens is 1. The Hall–Kier alpha value is -2.53. The van der Waals surface area contributed by atoms with Crippen molar-refractivity contribution >= 4 is 29.6 Å². The molecule has 2 aromatic rings. The number of hydrogen-bond acceptors (Lipinski definition) is 2. The highest BCUT2D eigenvalue weighted by atomic mass is 35.5. The second kappa shape index (κ2) is 6.53. The summed E-state index contributed by atoms with van der Waals surface area (Å²) in [6.07, 6.45) is 4.30. The highest BCUT2D eigenvalue weighted by Crippen LogP contribution is 2.22. The predicted molar refractivity (Wildman–Crippen MR) is 94.0 cm³/mol. The summed E-state index contributed by atoms with van der Waals surface area (Å²) >= 11 is 6.20. The number of nitrogens with one attached hydrogen (secondary N) is 1. The first kappa shape index (κ1) is 16.3. The van der Waals surface area contributed by atoms with E-state index in [1.165, 1.54) is 4.90 Å². The summed E-state index contributed by atoms with van der Waals surface area (Å²) in [5.41, 5.74) is 2.97. The number of rotatable bonds is 4. The number of nitrogens with zero attached hydrogens (tertiary/aromatic N) is 2. The van der Waals surface area contributed by atoms with Crippen molar-refractivity contribution in [1.82, 2.24) is 14.8 Å². The first-order chi connectivity index (χ1) is 11.5. The van der Waals surface area contributed by atoms with Gasteiger partial charge in [-0.25, -0.2) is 4.79 Å². The SMILES string of the molecule is CCCN1C(=O)N/C(=C/c2cccn2-c2ccc(C)c(Cl)c2)C1=O. The summed E-state index contributed by atoms with van der Waals surface area (Å²) in [5, 5.41) is 3.31. The van der Waals surface area contributed by atoms with Crippen LogP contribution in [0.3, 0.4) is 0 Å². The maximum atomic E-state index is 12.3. The highest BCUT2D eigenvalue weighted by molar-refractivity contribution is 6.31. The molecule has 0 spiro atoms. The minimum atomic E-state index is -0.371. The van der Waals surface area contributed by atoms with Crippen molar-refractivity contribution in [1.29, 1.82) is 0 Å². The Labute approximate surface area is 145 Å². The van der Waals surface area contributed by atoms with Gasteiger partial charge in [0.05, 0.1) is 0 Å². The van der Waals surface area contributed by atoms with Gasteiger partial charge in [0.15, 0.2) is 0 Å². The maximum absolute atomic E-state index is 12.3. The monoisotopic (exact) mass is 343 g/mol. The van der Waals surface area contributed by atoms with Gasteiger partial charge in [-0.15, -0.1) is 0 Å². The van der Waals surface area contributed by atoms with Crippen LogP contribution in [0.4, 0.5) is 4.79 Å². The number of carbonyl (C=O) groups excluding carboxylic acids is 2. The van der Waals surface area contributed by atoms with E-state index < -0.39 is 0 Å². The predicted octanol–water partition coefficient (Wildman–Crippen LogP) is 3.74. The summed E-state index contributed by atoms with van der Waals surface area (Å²) in [6.45, 7) is 4.28. The molecule has 1 aliphatic heterocycles. The molecular weight excluding hydrogens is 326 g/mol. The van der Waals surface area contributed by atoms with E-state index in [1.807, 2.05) is 54.9 Å². The van der Waals surface area contributed by atoms with Gasteiger partial charge in [0.25, 0.3) is 5.91 Å². The number of urea groups is 1. The van der Waals surface area contributed by atoms with Crippen molar-refractivity contribution in [3.8, 4) is 5.69 Å². The van der Waals surface area contributed by atoms with Crippen LogP contribution in [0, 0.1) is 6.92 Å². The van der Waals surface area contributed by atoms with E-state index in [9.17, 15) is 9.59 Å². The average molecular weight is 344 g/mol. The lowest BCUT2D eigenvalue weighted by Crippen LogP contribution is -2.31. The number of aryl methyl sites for hydroxylation is 1. The molecule has 2 heterocycles. The number of imide groups is 1. The molecule has 5 nitrogen and oxygen atoms in total. The van der Waals surface area contributed by atoms with Crippen LogP contribution < -0.4 is 5.32 Å². The van der Waals surface area contributed by atoms with Crippen molar-refractivity contribution in [3.63, 3.8) is 0 Å². The van der Waals surface area contributed by atoms with Crippen LogP contribution in [0.2, 0.25) is 5.02 Å². The average Bonchev–Trinajstić information content (AvgIpc) is 3.11. The zero-order chi connectivity index (χ0) is 17.3. The first-order valence-electron chi connectivity index (χ1n) is 7.79. The van der Waals surface area contributed by atoms with Crippen LogP contribution in [0.25, 0.3) is 11.8 Å². The van der Waals surface area contributed by atoms with Crippen LogP contribution >= 0.6 is 11.6 Å². The van der Waals surface area contributed by atoms with E-state index >= 15 is 0 Å². The normalized spacial score (nSPS) is 16.1. The molecule has 3 rings (SSSR count). The summed E-state index contributed by atoms with van der Waals surface area (Å²) < 4.78 is 1.92. The zero-order valence-corrected chi connectivity index (χ0v) is 14.3. The lowest BCUT2D eigenvalue weighted by molar-refractivity contribution is -0.122. The molecule has 1 aliphatic rings. The van der Waals surface area contributed by atoms with E-state index in [1.54, 1.807) is 6.08 Å². The number of amides is 3. The van der Waals surface area contributed by atoms with Crippen LogP contribution in [-0.4, -0.2) is 28.0 Å². The van der Waals surface area contributed by atoms with Crippen molar-refractivity contribution in [2.75, 3.05) is 6.54 Å². The smallest absolute Gasteiger partial charge is 0.317 e. The molecule has 0 bridgehead atoms. The molecule has 1 aromatic heterocycles.